The third kappa shape index (κ3) is 3.11. The van der Waals surface area contributed by atoms with E-state index in [-0.39, 0.29) is 18.4 Å². The number of nitrogens with two attached hydrogens (primary N) is 1. The molecule has 0 aromatic carbocycles. The lowest BCUT2D eigenvalue weighted by Gasteiger charge is -2.02. The third-order valence-electron chi connectivity index (χ3n) is 1.91. The lowest BCUT2D eigenvalue weighted by molar-refractivity contribution is -0.116. The molecule has 0 bridgehead atoms. The molecule has 0 saturated heterocycles. The first-order chi connectivity index (χ1) is 8.15. The molecule has 3 N–H and O–H groups in total. The van der Waals surface area contributed by atoms with E-state index in [1.807, 2.05) is 0 Å². The van der Waals surface area contributed by atoms with Gasteiger partial charge in [0.05, 0.1) is 6.26 Å². The van der Waals surface area contributed by atoms with E-state index in [0.29, 0.717) is 15.9 Å². The predicted molar refractivity (Wildman–Crippen MR) is 64.5 cm³/mol. The number of anilines is 1. The second kappa shape index (κ2) is 5.07. The molecule has 0 spiro atoms. The topological polar surface area (TPSA) is 94.0 Å². The molecule has 0 fully saturated rings. The number of hydrogen-bond acceptors (Lipinski definition) is 6. The summed E-state index contributed by atoms with van der Waals surface area (Å²) in [5.74, 6) is 0.470. The van der Waals surface area contributed by atoms with Crippen molar-refractivity contribution in [3.05, 3.63) is 18.4 Å². The minimum atomic E-state index is -0.174. The Hall–Kier alpha value is -1.73. The van der Waals surface area contributed by atoms with Crippen LogP contribution in [-0.4, -0.2) is 22.1 Å². The van der Waals surface area contributed by atoms with Gasteiger partial charge in [-0.2, -0.15) is 0 Å². The van der Waals surface area contributed by atoms with Crippen molar-refractivity contribution in [2.45, 2.75) is 19.4 Å². The minimum Gasteiger partial charge on any atom is -0.462 e. The largest absolute Gasteiger partial charge is 0.462 e. The molecule has 0 aliphatic carbocycles. The molecule has 1 amide bonds. The highest BCUT2D eigenvalue weighted by Crippen LogP contribution is 2.26. The molecule has 0 saturated carbocycles. The number of nitrogens with zero attached hydrogens (tertiary/aromatic N) is 2. The number of aromatic nitrogens is 2. The Kier molecular flexibility index (Phi) is 3.50. The van der Waals surface area contributed by atoms with Crippen molar-refractivity contribution in [1.82, 2.24) is 10.2 Å². The first-order valence-corrected chi connectivity index (χ1v) is 5.89. The van der Waals surface area contributed by atoms with Crippen LogP contribution in [0.25, 0.3) is 10.8 Å². The Morgan fingerprint density at radius 1 is 1.65 bits per heavy atom. The van der Waals surface area contributed by atoms with Gasteiger partial charge in [0.15, 0.2) is 10.8 Å². The number of hydrogen-bond donors (Lipinski definition) is 2. The maximum atomic E-state index is 11.4. The fourth-order valence-corrected chi connectivity index (χ4v) is 1.96. The molecule has 0 aliphatic rings. The van der Waals surface area contributed by atoms with Crippen LogP contribution in [0.4, 0.5) is 5.13 Å². The standard InChI is InChI=1S/C10H12N4O2S/c1-6(11)5-8(15)12-10-14-13-9(17-10)7-3-2-4-16-7/h2-4,6H,5,11H2,1H3,(H,12,14,15). The van der Waals surface area contributed by atoms with Gasteiger partial charge in [-0.15, -0.1) is 10.2 Å². The Balaban J connectivity index is 2.02. The van der Waals surface area contributed by atoms with Gasteiger partial charge in [-0.25, -0.2) is 0 Å². The smallest absolute Gasteiger partial charge is 0.227 e. The summed E-state index contributed by atoms with van der Waals surface area (Å²) in [5.41, 5.74) is 5.52. The molecular weight excluding hydrogens is 240 g/mol. The van der Waals surface area contributed by atoms with Gasteiger partial charge < -0.3 is 15.5 Å². The van der Waals surface area contributed by atoms with Crippen molar-refractivity contribution in [1.29, 1.82) is 0 Å². The maximum absolute atomic E-state index is 11.4. The molecule has 90 valence electrons. The monoisotopic (exact) mass is 252 g/mol. The van der Waals surface area contributed by atoms with E-state index < -0.39 is 0 Å². The van der Waals surface area contributed by atoms with E-state index in [9.17, 15) is 4.79 Å². The van der Waals surface area contributed by atoms with Crippen LogP contribution in [-0.2, 0) is 4.79 Å². The zero-order valence-electron chi connectivity index (χ0n) is 9.21. The number of furan rings is 1. The summed E-state index contributed by atoms with van der Waals surface area (Å²) in [7, 11) is 0. The third-order valence-corrected chi connectivity index (χ3v) is 2.76. The zero-order chi connectivity index (χ0) is 12.3. The highest BCUT2D eigenvalue weighted by molar-refractivity contribution is 7.18. The molecule has 2 heterocycles. The molecular formula is C10H12N4O2S. The van der Waals surface area contributed by atoms with Gasteiger partial charge in [-0.1, -0.05) is 11.3 Å². The van der Waals surface area contributed by atoms with E-state index in [4.69, 9.17) is 10.2 Å². The molecule has 17 heavy (non-hydrogen) atoms. The van der Waals surface area contributed by atoms with Crippen molar-refractivity contribution in [3.8, 4) is 10.8 Å². The fraction of sp³-hybridized carbons (Fsp3) is 0.300. The lowest BCUT2D eigenvalue weighted by atomic mass is 10.2. The van der Waals surface area contributed by atoms with Crippen molar-refractivity contribution in [2.24, 2.45) is 5.73 Å². The normalized spacial score (nSPS) is 12.4. The quantitative estimate of drug-likeness (QED) is 0.859. The highest BCUT2D eigenvalue weighted by Gasteiger charge is 2.11. The van der Waals surface area contributed by atoms with E-state index in [2.05, 4.69) is 15.5 Å². The van der Waals surface area contributed by atoms with E-state index in [1.165, 1.54) is 11.3 Å². The van der Waals surface area contributed by atoms with Crippen molar-refractivity contribution in [2.75, 3.05) is 5.32 Å². The van der Waals surface area contributed by atoms with E-state index in [1.54, 1.807) is 25.3 Å². The van der Waals surface area contributed by atoms with Gasteiger partial charge in [-0.05, 0) is 19.1 Å². The Bertz CT molecular complexity index is 492. The molecule has 7 heteroatoms. The molecule has 1 atom stereocenters. The summed E-state index contributed by atoms with van der Waals surface area (Å²) in [6.07, 6.45) is 1.82. The van der Waals surface area contributed by atoms with Gasteiger partial charge in [0, 0.05) is 12.5 Å². The van der Waals surface area contributed by atoms with Crippen LogP contribution in [0.5, 0.6) is 0 Å². The van der Waals surface area contributed by atoms with Gasteiger partial charge in [0.2, 0.25) is 11.0 Å². The summed E-state index contributed by atoms with van der Waals surface area (Å²) in [6.45, 7) is 1.77. The maximum Gasteiger partial charge on any atom is 0.227 e. The number of rotatable bonds is 4. The summed E-state index contributed by atoms with van der Waals surface area (Å²) >= 11 is 1.26. The Morgan fingerprint density at radius 3 is 3.12 bits per heavy atom. The van der Waals surface area contributed by atoms with Gasteiger partial charge in [0.1, 0.15) is 0 Å². The average molecular weight is 252 g/mol. The zero-order valence-corrected chi connectivity index (χ0v) is 10.0. The number of amides is 1. The Morgan fingerprint density at radius 2 is 2.47 bits per heavy atom. The van der Waals surface area contributed by atoms with Crippen molar-refractivity contribution in [3.63, 3.8) is 0 Å². The van der Waals surface area contributed by atoms with Crippen molar-refractivity contribution < 1.29 is 9.21 Å². The summed E-state index contributed by atoms with van der Waals surface area (Å²) in [5, 5.41) is 11.5. The first-order valence-electron chi connectivity index (χ1n) is 5.08. The summed E-state index contributed by atoms with van der Waals surface area (Å²) in [6, 6.07) is 3.38. The molecule has 2 aromatic rings. The van der Waals surface area contributed by atoms with E-state index >= 15 is 0 Å². The van der Waals surface area contributed by atoms with Gasteiger partial charge in [0.25, 0.3) is 0 Å². The molecule has 0 aliphatic heterocycles. The van der Waals surface area contributed by atoms with Crippen LogP contribution < -0.4 is 11.1 Å². The fourth-order valence-electron chi connectivity index (χ4n) is 1.24. The summed E-state index contributed by atoms with van der Waals surface area (Å²) < 4.78 is 5.18. The summed E-state index contributed by atoms with van der Waals surface area (Å²) in [4.78, 5) is 11.4. The molecule has 6 nitrogen and oxygen atoms in total. The van der Waals surface area contributed by atoms with Crippen LogP contribution in [0.3, 0.4) is 0 Å². The number of carbonyl (C=O) groups is 1. The SMILES string of the molecule is CC(N)CC(=O)Nc1nnc(-c2ccco2)s1. The molecule has 2 aromatic heterocycles. The second-order valence-corrected chi connectivity index (χ2v) is 4.60. The number of carbonyl (C=O) groups excluding carboxylic acids is 1. The molecule has 1 unspecified atom stereocenters. The van der Waals surface area contributed by atoms with E-state index in [0.717, 1.165) is 0 Å². The van der Waals surface area contributed by atoms with Gasteiger partial charge >= 0.3 is 0 Å². The van der Waals surface area contributed by atoms with Crippen LogP contribution in [0, 0.1) is 0 Å². The number of nitrogens with one attached hydrogen (secondary N) is 1. The van der Waals surface area contributed by atoms with Gasteiger partial charge in [-0.3, -0.25) is 4.79 Å². The minimum absolute atomic E-state index is 0.165. The lowest BCUT2D eigenvalue weighted by Crippen LogP contribution is -2.23. The van der Waals surface area contributed by atoms with Crippen molar-refractivity contribution >= 4 is 22.4 Å². The Labute approximate surface area is 102 Å². The van der Waals surface area contributed by atoms with Crippen LogP contribution in [0.15, 0.2) is 22.8 Å². The highest BCUT2D eigenvalue weighted by atomic mass is 32.1. The average Bonchev–Trinajstić information content (AvgIpc) is 2.84. The van der Waals surface area contributed by atoms with Crippen LogP contribution in [0.2, 0.25) is 0 Å². The second-order valence-electron chi connectivity index (χ2n) is 3.62. The predicted octanol–water partition coefficient (Wildman–Crippen LogP) is 1.47. The first kappa shape index (κ1) is 11.7. The molecule has 0 radical (unpaired) electrons. The van der Waals surface area contributed by atoms with Crippen LogP contribution in [0.1, 0.15) is 13.3 Å². The van der Waals surface area contributed by atoms with Crippen LogP contribution >= 0.6 is 11.3 Å². The molecule has 2 rings (SSSR count).